The lowest BCUT2D eigenvalue weighted by molar-refractivity contribution is 0.100. The quantitative estimate of drug-likeness (QED) is 0.632. The highest BCUT2D eigenvalue weighted by molar-refractivity contribution is 6.04. The molecule has 0 radical (unpaired) electrons. The number of ketones is 1. The fraction of sp³-hybridized carbons (Fsp3) is 0.143. The third-order valence-corrected chi connectivity index (χ3v) is 3.97. The van der Waals surface area contributed by atoms with Gasteiger partial charge >= 0.3 is 0 Å². The average Bonchev–Trinajstić information content (AvgIpc) is 2.68. The number of anilines is 3. The number of carbonyl (C=O) groups is 2. The van der Waals surface area contributed by atoms with Crippen LogP contribution >= 0.6 is 0 Å². The average molecular weight is 376 g/mol. The van der Waals surface area contributed by atoms with Crippen LogP contribution in [0.3, 0.4) is 0 Å². The van der Waals surface area contributed by atoms with Crippen molar-refractivity contribution in [2.45, 2.75) is 13.8 Å². The van der Waals surface area contributed by atoms with Crippen LogP contribution in [0, 0.1) is 6.92 Å². The lowest BCUT2D eigenvalue weighted by Gasteiger charge is -2.12. The lowest BCUT2D eigenvalue weighted by Crippen LogP contribution is -2.15. The maximum atomic E-state index is 12.6. The monoisotopic (exact) mass is 376 g/mol. The summed E-state index contributed by atoms with van der Waals surface area (Å²) in [4.78, 5) is 32.7. The second-order valence-electron chi connectivity index (χ2n) is 6.10. The molecule has 7 heteroatoms. The number of aromatic nitrogens is 2. The van der Waals surface area contributed by atoms with E-state index in [9.17, 15) is 9.59 Å². The van der Waals surface area contributed by atoms with Gasteiger partial charge in [0, 0.05) is 17.3 Å². The van der Waals surface area contributed by atoms with E-state index in [0.29, 0.717) is 28.6 Å². The number of para-hydroxylation sites is 2. The molecule has 3 rings (SSSR count). The van der Waals surface area contributed by atoms with Gasteiger partial charge in [-0.25, -0.2) is 9.97 Å². The van der Waals surface area contributed by atoms with Gasteiger partial charge in [0.05, 0.1) is 12.8 Å². The summed E-state index contributed by atoms with van der Waals surface area (Å²) in [5.74, 6) is 1.11. The van der Waals surface area contributed by atoms with Crippen LogP contribution in [-0.4, -0.2) is 28.8 Å². The summed E-state index contributed by atoms with van der Waals surface area (Å²) < 4.78 is 5.32. The Bertz CT molecular complexity index is 1030. The van der Waals surface area contributed by atoms with E-state index in [1.807, 2.05) is 24.3 Å². The first-order chi connectivity index (χ1) is 13.5. The minimum absolute atomic E-state index is 0.0720. The molecular formula is C21H20N4O3. The van der Waals surface area contributed by atoms with Crippen LogP contribution in [0.25, 0.3) is 0 Å². The van der Waals surface area contributed by atoms with E-state index >= 15 is 0 Å². The van der Waals surface area contributed by atoms with Gasteiger partial charge in [0.2, 0.25) is 0 Å². The maximum absolute atomic E-state index is 12.6. The molecule has 7 nitrogen and oxygen atoms in total. The fourth-order valence-corrected chi connectivity index (χ4v) is 2.65. The number of ether oxygens (including phenoxy) is 1. The maximum Gasteiger partial charge on any atom is 0.274 e. The minimum atomic E-state index is -0.394. The molecule has 0 aliphatic carbocycles. The Morgan fingerprint density at radius 1 is 1.00 bits per heavy atom. The van der Waals surface area contributed by atoms with Gasteiger partial charge in [-0.3, -0.25) is 9.59 Å². The number of benzene rings is 2. The highest BCUT2D eigenvalue weighted by atomic mass is 16.5. The zero-order valence-electron chi connectivity index (χ0n) is 15.8. The summed E-state index contributed by atoms with van der Waals surface area (Å²) in [6.07, 6.45) is 0. The number of hydrogen-bond donors (Lipinski definition) is 2. The standard InChI is InChI=1S/C21H20N4O3/c1-13(26)15-7-6-8-16(11-15)24-21(27)18-12-20(23-14(2)22-18)25-17-9-4-5-10-19(17)28-3/h4-12H,1-3H3,(H,24,27)(H,22,23,25). The number of methoxy groups -OCH3 is 1. The molecule has 1 aromatic heterocycles. The lowest BCUT2D eigenvalue weighted by atomic mass is 10.1. The normalized spacial score (nSPS) is 10.2. The van der Waals surface area contributed by atoms with E-state index in [-0.39, 0.29) is 11.5 Å². The molecule has 3 aromatic rings. The van der Waals surface area contributed by atoms with Crippen LogP contribution in [0.5, 0.6) is 5.75 Å². The van der Waals surface area contributed by atoms with Crippen molar-refractivity contribution < 1.29 is 14.3 Å². The number of Topliss-reactive ketones (excluding diaryl/α,β-unsaturated/α-hetero) is 1. The Kier molecular flexibility index (Phi) is 5.64. The Labute approximate surface area is 162 Å². The molecule has 0 unspecified atom stereocenters. The molecule has 0 fully saturated rings. The van der Waals surface area contributed by atoms with Crippen LogP contribution in [0.15, 0.2) is 54.6 Å². The molecule has 0 spiro atoms. The van der Waals surface area contributed by atoms with Gasteiger partial charge in [-0.15, -0.1) is 0 Å². The van der Waals surface area contributed by atoms with Crippen molar-refractivity contribution in [3.05, 3.63) is 71.7 Å². The second-order valence-corrected chi connectivity index (χ2v) is 6.10. The van der Waals surface area contributed by atoms with E-state index in [1.165, 1.54) is 6.92 Å². The van der Waals surface area contributed by atoms with Crippen LogP contribution in [0.4, 0.5) is 17.2 Å². The molecule has 0 saturated heterocycles. The highest BCUT2D eigenvalue weighted by Crippen LogP contribution is 2.26. The summed E-state index contributed by atoms with van der Waals surface area (Å²) in [5, 5.41) is 5.91. The number of amides is 1. The van der Waals surface area contributed by atoms with E-state index in [2.05, 4.69) is 20.6 Å². The zero-order valence-corrected chi connectivity index (χ0v) is 15.8. The number of aryl methyl sites for hydroxylation is 1. The van der Waals surface area contributed by atoms with Gasteiger partial charge in [0.1, 0.15) is 23.1 Å². The third kappa shape index (κ3) is 4.50. The van der Waals surface area contributed by atoms with Gasteiger partial charge in [0.15, 0.2) is 5.78 Å². The van der Waals surface area contributed by atoms with Crippen LogP contribution in [0.1, 0.15) is 33.6 Å². The molecular weight excluding hydrogens is 356 g/mol. The molecule has 1 amide bonds. The molecule has 0 bridgehead atoms. The molecule has 142 valence electrons. The summed E-state index contributed by atoms with van der Waals surface area (Å²) in [6.45, 7) is 3.19. The second kappa shape index (κ2) is 8.30. The Balaban J connectivity index is 1.83. The third-order valence-electron chi connectivity index (χ3n) is 3.97. The summed E-state index contributed by atoms with van der Waals surface area (Å²) in [5.41, 5.74) is 1.98. The van der Waals surface area contributed by atoms with Crippen molar-refractivity contribution >= 4 is 28.9 Å². The molecule has 0 aliphatic heterocycles. The van der Waals surface area contributed by atoms with Gasteiger partial charge in [-0.1, -0.05) is 24.3 Å². The number of rotatable bonds is 6. The first kappa shape index (κ1) is 19.0. The minimum Gasteiger partial charge on any atom is -0.495 e. The van der Waals surface area contributed by atoms with Crippen molar-refractivity contribution in [2.75, 3.05) is 17.7 Å². The molecule has 0 atom stereocenters. The number of nitrogens with one attached hydrogen (secondary N) is 2. The molecule has 0 aliphatic rings. The first-order valence-electron chi connectivity index (χ1n) is 8.64. The van der Waals surface area contributed by atoms with Crippen LogP contribution in [-0.2, 0) is 0 Å². The molecule has 2 aromatic carbocycles. The largest absolute Gasteiger partial charge is 0.495 e. The zero-order chi connectivity index (χ0) is 20.1. The fourth-order valence-electron chi connectivity index (χ4n) is 2.65. The van der Waals surface area contributed by atoms with Crippen LogP contribution in [0.2, 0.25) is 0 Å². The van der Waals surface area contributed by atoms with E-state index < -0.39 is 5.91 Å². The summed E-state index contributed by atoms with van der Waals surface area (Å²) in [6, 6.07) is 15.7. The number of carbonyl (C=O) groups excluding carboxylic acids is 2. The van der Waals surface area contributed by atoms with Crippen molar-refractivity contribution in [1.82, 2.24) is 9.97 Å². The summed E-state index contributed by atoms with van der Waals surface area (Å²) in [7, 11) is 1.58. The van der Waals surface area contributed by atoms with E-state index in [4.69, 9.17) is 4.74 Å². The SMILES string of the molecule is COc1ccccc1Nc1cc(C(=O)Nc2cccc(C(C)=O)c2)nc(C)n1. The molecule has 1 heterocycles. The van der Waals surface area contributed by atoms with Crippen molar-refractivity contribution in [3.8, 4) is 5.75 Å². The van der Waals surface area contributed by atoms with Crippen molar-refractivity contribution in [1.29, 1.82) is 0 Å². The van der Waals surface area contributed by atoms with Gasteiger partial charge in [0.25, 0.3) is 5.91 Å². The smallest absolute Gasteiger partial charge is 0.274 e. The Hall–Kier alpha value is -3.74. The Morgan fingerprint density at radius 2 is 1.79 bits per heavy atom. The van der Waals surface area contributed by atoms with Gasteiger partial charge in [-0.2, -0.15) is 0 Å². The van der Waals surface area contributed by atoms with E-state index in [0.717, 1.165) is 5.69 Å². The van der Waals surface area contributed by atoms with E-state index in [1.54, 1.807) is 44.4 Å². The van der Waals surface area contributed by atoms with Crippen LogP contribution < -0.4 is 15.4 Å². The van der Waals surface area contributed by atoms with Crippen molar-refractivity contribution in [2.24, 2.45) is 0 Å². The van der Waals surface area contributed by atoms with Crippen molar-refractivity contribution in [3.63, 3.8) is 0 Å². The molecule has 2 N–H and O–H groups in total. The molecule has 28 heavy (non-hydrogen) atoms. The number of hydrogen-bond acceptors (Lipinski definition) is 6. The first-order valence-corrected chi connectivity index (χ1v) is 8.64. The summed E-state index contributed by atoms with van der Waals surface area (Å²) >= 11 is 0. The highest BCUT2D eigenvalue weighted by Gasteiger charge is 2.13. The Morgan fingerprint density at radius 3 is 2.54 bits per heavy atom. The number of nitrogens with zero attached hydrogens (tertiary/aromatic N) is 2. The molecule has 0 saturated carbocycles. The topological polar surface area (TPSA) is 93.2 Å². The predicted molar refractivity (Wildman–Crippen MR) is 107 cm³/mol. The van der Waals surface area contributed by atoms with Gasteiger partial charge in [-0.05, 0) is 38.1 Å². The predicted octanol–water partition coefficient (Wildman–Crippen LogP) is 3.99. The van der Waals surface area contributed by atoms with Gasteiger partial charge < -0.3 is 15.4 Å².